The van der Waals surface area contributed by atoms with Crippen LogP contribution in [0.5, 0.6) is 0 Å². The van der Waals surface area contributed by atoms with Gasteiger partial charge in [0.25, 0.3) is 11.5 Å². The summed E-state index contributed by atoms with van der Waals surface area (Å²) in [5, 5.41) is 18.7. The zero-order chi connectivity index (χ0) is 32.9. The van der Waals surface area contributed by atoms with Crippen LogP contribution >= 0.6 is 24.0 Å². The van der Waals surface area contributed by atoms with E-state index in [4.69, 9.17) is 22.1 Å². The Kier molecular flexibility index (Phi) is 14.6. The van der Waals surface area contributed by atoms with Crippen molar-refractivity contribution >= 4 is 58.0 Å². The lowest BCUT2D eigenvalue weighted by molar-refractivity contribution is -0.148. The number of carboxylic acid groups (broad SMARTS) is 1. The molecule has 1 amide bonds. The van der Waals surface area contributed by atoms with Crippen molar-refractivity contribution in [3.8, 4) is 6.07 Å². The number of piperidine rings is 1. The highest BCUT2D eigenvalue weighted by Gasteiger charge is 2.34. The number of amides is 1. The number of esters is 1. The van der Waals surface area contributed by atoms with Gasteiger partial charge in [-0.2, -0.15) is 5.26 Å². The molecule has 1 unspecified atom stereocenters. The minimum absolute atomic E-state index is 0.0507. The number of thiocarbonyl (C=S) groups is 1. The second-order valence-electron chi connectivity index (χ2n) is 11.6. The Hall–Kier alpha value is -3.17. The largest absolute Gasteiger partial charge is 0.481 e. The molecular formula is C33H46N4O6S2. The van der Waals surface area contributed by atoms with Crippen molar-refractivity contribution in [3.63, 3.8) is 0 Å². The third-order valence-corrected chi connectivity index (χ3v) is 9.68. The summed E-state index contributed by atoms with van der Waals surface area (Å²) in [5.41, 5.74) is 0.828. The van der Waals surface area contributed by atoms with Crippen LogP contribution in [0.3, 0.4) is 0 Å². The van der Waals surface area contributed by atoms with Crippen LogP contribution in [0.2, 0.25) is 0 Å². The number of anilines is 1. The minimum Gasteiger partial charge on any atom is -0.481 e. The van der Waals surface area contributed by atoms with Crippen molar-refractivity contribution in [2.45, 2.75) is 104 Å². The summed E-state index contributed by atoms with van der Waals surface area (Å²) in [6.45, 7) is 7.73. The Labute approximate surface area is 275 Å². The van der Waals surface area contributed by atoms with Crippen LogP contribution in [-0.2, 0) is 25.7 Å². The number of nitriles is 1. The van der Waals surface area contributed by atoms with E-state index in [0.29, 0.717) is 71.8 Å². The number of thioether (sulfide) groups is 1. The smallest absolute Gasteiger partial charge is 0.310 e. The highest BCUT2D eigenvalue weighted by Crippen LogP contribution is 2.37. The van der Waals surface area contributed by atoms with Crippen molar-refractivity contribution in [3.05, 3.63) is 31.9 Å². The first kappa shape index (κ1) is 36.3. The molecule has 0 radical (unpaired) electrons. The molecule has 1 aromatic heterocycles. The van der Waals surface area contributed by atoms with Crippen LogP contribution < -0.4 is 10.5 Å². The Balaban J connectivity index is 1.79. The van der Waals surface area contributed by atoms with Gasteiger partial charge in [-0.15, -0.1) is 0 Å². The molecule has 2 aliphatic heterocycles. The van der Waals surface area contributed by atoms with E-state index in [1.54, 1.807) is 29.4 Å². The zero-order valence-electron chi connectivity index (χ0n) is 26.8. The van der Waals surface area contributed by atoms with Crippen LogP contribution in [0.25, 0.3) is 6.08 Å². The highest BCUT2D eigenvalue weighted by molar-refractivity contribution is 8.26. The number of carboxylic acids is 1. The molecule has 1 aromatic rings. The molecule has 0 spiro atoms. The van der Waals surface area contributed by atoms with Gasteiger partial charge in [0, 0.05) is 38.2 Å². The molecule has 0 aromatic carbocycles. The first-order valence-corrected chi connectivity index (χ1v) is 17.4. The number of unbranched alkanes of at least 4 members (excludes halogenated alkanes) is 7. The lowest BCUT2D eigenvalue weighted by atomic mass is 9.96. The highest BCUT2D eigenvalue weighted by atomic mass is 32.2. The van der Waals surface area contributed by atoms with E-state index in [9.17, 15) is 24.4 Å². The standard InChI is InChI=1S/C33H46N4O6S2/c1-4-17-36-29(35-18-14-15-24(22-35)32(42)43-5-2)25(23(3)26(21-34)30(36)40)20-27-31(41)37(33(44)45-27)19-13-11-9-7-6-8-10-12-16-28(38)39/h20,24H,4-19,22H2,1-3H3,(H,38,39)/b27-20-. The summed E-state index contributed by atoms with van der Waals surface area (Å²) in [6.07, 6.45) is 11.8. The fourth-order valence-electron chi connectivity index (χ4n) is 5.97. The molecule has 3 rings (SSSR count). The molecule has 0 bridgehead atoms. The first-order chi connectivity index (χ1) is 21.6. The summed E-state index contributed by atoms with van der Waals surface area (Å²) in [5.74, 6) is -0.878. The Morgan fingerprint density at radius 3 is 2.38 bits per heavy atom. The quantitative estimate of drug-likeness (QED) is 0.0918. The number of hydrogen-bond donors (Lipinski definition) is 1. The molecule has 1 N–H and O–H groups in total. The van der Waals surface area contributed by atoms with Crippen LogP contribution in [0.15, 0.2) is 9.70 Å². The summed E-state index contributed by atoms with van der Waals surface area (Å²) in [4.78, 5) is 54.5. The van der Waals surface area contributed by atoms with Crippen molar-refractivity contribution in [1.82, 2.24) is 9.47 Å². The predicted octanol–water partition coefficient (Wildman–Crippen LogP) is 6.01. The third kappa shape index (κ3) is 9.66. The monoisotopic (exact) mass is 658 g/mol. The second kappa shape index (κ2) is 18.1. The van der Waals surface area contributed by atoms with E-state index in [2.05, 4.69) is 6.07 Å². The average Bonchev–Trinajstić information content (AvgIpc) is 3.28. The number of aliphatic carboxylic acids is 1. The normalized spacial score (nSPS) is 17.6. The van der Waals surface area contributed by atoms with E-state index in [1.165, 1.54) is 11.8 Å². The zero-order valence-corrected chi connectivity index (χ0v) is 28.4. The third-order valence-electron chi connectivity index (χ3n) is 8.31. The number of nitrogens with zero attached hydrogens (tertiary/aromatic N) is 4. The SMILES string of the molecule is CCCn1c(N2CCCC(C(=O)OCC)C2)c(/C=C2\SC(=S)N(CCCCCCCCCCC(=O)O)C2=O)c(C)c(C#N)c1=O. The maximum Gasteiger partial charge on any atom is 0.310 e. The van der Waals surface area contributed by atoms with Crippen molar-refractivity contribution in [2.75, 3.05) is 31.1 Å². The predicted molar refractivity (Wildman–Crippen MR) is 181 cm³/mol. The Morgan fingerprint density at radius 1 is 1.09 bits per heavy atom. The molecule has 2 fully saturated rings. The molecule has 12 heteroatoms. The van der Waals surface area contributed by atoms with E-state index in [-0.39, 0.29) is 35.3 Å². The van der Waals surface area contributed by atoms with Crippen LogP contribution in [0.4, 0.5) is 5.82 Å². The van der Waals surface area contributed by atoms with Crippen LogP contribution in [-0.4, -0.2) is 63.0 Å². The van der Waals surface area contributed by atoms with Gasteiger partial charge in [-0.25, -0.2) is 0 Å². The molecule has 0 aliphatic carbocycles. The lowest BCUT2D eigenvalue weighted by Crippen LogP contribution is -2.43. The fraction of sp³-hybridized carbons (Fsp3) is 0.636. The van der Waals surface area contributed by atoms with Gasteiger partial charge in [0.2, 0.25) is 0 Å². The summed E-state index contributed by atoms with van der Waals surface area (Å²) < 4.78 is 7.42. The first-order valence-electron chi connectivity index (χ1n) is 16.2. The lowest BCUT2D eigenvalue weighted by Gasteiger charge is -2.36. The van der Waals surface area contributed by atoms with Gasteiger partial charge in [0.05, 0.1) is 17.4 Å². The topological polar surface area (TPSA) is 133 Å². The molecule has 3 heterocycles. The number of carbonyl (C=O) groups excluding carboxylic acids is 2. The molecule has 45 heavy (non-hydrogen) atoms. The fourth-order valence-corrected chi connectivity index (χ4v) is 7.26. The summed E-state index contributed by atoms with van der Waals surface area (Å²) in [7, 11) is 0. The Morgan fingerprint density at radius 2 is 1.76 bits per heavy atom. The van der Waals surface area contributed by atoms with E-state index < -0.39 is 5.97 Å². The maximum absolute atomic E-state index is 13.6. The van der Waals surface area contributed by atoms with Gasteiger partial charge in [0.15, 0.2) is 0 Å². The number of hydrogen-bond acceptors (Lipinski definition) is 9. The van der Waals surface area contributed by atoms with E-state index in [0.717, 1.165) is 57.8 Å². The van der Waals surface area contributed by atoms with Gasteiger partial charge in [-0.3, -0.25) is 28.6 Å². The van der Waals surface area contributed by atoms with Crippen LogP contribution in [0.1, 0.15) is 108 Å². The molecule has 2 saturated heterocycles. The average molecular weight is 659 g/mol. The van der Waals surface area contributed by atoms with Crippen molar-refractivity contribution in [1.29, 1.82) is 5.26 Å². The summed E-state index contributed by atoms with van der Waals surface area (Å²) in [6, 6.07) is 2.09. The molecule has 0 saturated carbocycles. The number of carbonyl (C=O) groups is 3. The van der Waals surface area contributed by atoms with Gasteiger partial charge in [-0.1, -0.05) is 69.4 Å². The van der Waals surface area contributed by atoms with Gasteiger partial charge >= 0.3 is 11.9 Å². The maximum atomic E-state index is 13.6. The molecule has 10 nitrogen and oxygen atoms in total. The van der Waals surface area contributed by atoms with Gasteiger partial charge in [0.1, 0.15) is 21.8 Å². The number of ether oxygens (including phenoxy) is 1. The van der Waals surface area contributed by atoms with Crippen molar-refractivity contribution < 1.29 is 24.2 Å². The summed E-state index contributed by atoms with van der Waals surface area (Å²) >= 11 is 6.84. The second-order valence-corrected chi connectivity index (χ2v) is 13.3. The van der Waals surface area contributed by atoms with Crippen molar-refractivity contribution in [2.24, 2.45) is 5.92 Å². The minimum atomic E-state index is -0.741. The number of pyridine rings is 1. The van der Waals surface area contributed by atoms with E-state index >= 15 is 0 Å². The molecule has 246 valence electrons. The van der Waals surface area contributed by atoms with E-state index in [1.807, 2.05) is 11.8 Å². The van der Waals surface area contributed by atoms with Gasteiger partial charge in [-0.05, 0) is 57.6 Å². The molecule has 1 atom stereocenters. The Bertz CT molecular complexity index is 1380. The van der Waals surface area contributed by atoms with Gasteiger partial charge < -0.3 is 14.7 Å². The number of aromatic nitrogens is 1. The molecular weight excluding hydrogens is 613 g/mol. The molecule has 2 aliphatic rings. The van der Waals surface area contributed by atoms with Crippen LogP contribution in [0, 0.1) is 24.2 Å². The number of rotatable bonds is 17.